The summed E-state index contributed by atoms with van der Waals surface area (Å²) >= 11 is 5.96. The van der Waals surface area contributed by atoms with Crippen molar-refractivity contribution >= 4 is 17.5 Å². The molecule has 0 aromatic carbocycles. The summed E-state index contributed by atoms with van der Waals surface area (Å²) in [6, 6.07) is 0.129. The predicted octanol–water partition coefficient (Wildman–Crippen LogP) is 4.61. The Hall–Kier alpha value is -0.240. The monoisotopic (exact) mass is 301 g/mol. The molecule has 118 valence electrons. The Morgan fingerprint density at radius 3 is 2.15 bits per heavy atom. The molecule has 1 amide bonds. The van der Waals surface area contributed by atoms with Crippen molar-refractivity contribution in [2.24, 2.45) is 23.2 Å². The van der Waals surface area contributed by atoms with Crippen molar-refractivity contribution in [1.29, 1.82) is 0 Å². The number of nitrogens with one attached hydrogen (secondary N) is 1. The Balaban J connectivity index is 2.42. The van der Waals surface area contributed by atoms with Crippen LogP contribution in [0, 0.1) is 23.2 Å². The summed E-state index contributed by atoms with van der Waals surface area (Å²) in [5.41, 5.74) is 0.373. The molecular formula is C17H32ClNO. The molecule has 3 heteroatoms. The van der Waals surface area contributed by atoms with Gasteiger partial charge in [-0.3, -0.25) is 4.79 Å². The van der Waals surface area contributed by atoms with E-state index in [4.69, 9.17) is 11.6 Å². The van der Waals surface area contributed by atoms with Crippen molar-refractivity contribution in [3.63, 3.8) is 0 Å². The van der Waals surface area contributed by atoms with Gasteiger partial charge in [0.25, 0.3) is 0 Å². The fourth-order valence-electron chi connectivity index (χ4n) is 3.27. The van der Waals surface area contributed by atoms with Crippen molar-refractivity contribution in [2.75, 3.05) is 5.88 Å². The van der Waals surface area contributed by atoms with Crippen molar-refractivity contribution < 1.29 is 4.79 Å². The zero-order valence-electron chi connectivity index (χ0n) is 13.8. The molecule has 1 N–H and O–H groups in total. The second kappa shape index (κ2) is 7.68. The van der Waals surface area contributed by atoms with E-state index in [1.54, 1.807) is 0 Å². The molecule has 1 aliphatic carbocycles. The first-order valence-electron chi connectivity index (χ1n) is 8.10. The van der Waals surface area contributed by atoms with E-state index in [-0.39, 0.29) is 17.9 Å². The summed E-state index contributed by atoms with van der Waals surface area (Å²) in [7, 11) is 0. The smallest absolute Gasteiger partial charge is 0.223 e. The van der Waals surface area contributed by atoms with Crippen LogP contribution in [0.4, 0.5) is 0 Å². The number of halogens is 1. The third-order valence-electron chi connectivity index (χ3n) is 4.61. The van der Waals surface area contributed by atoms with Gasteiger partial charge in [0.1, 0.15) is 0 Å². The third-order valence-corrected chi connectivity index (χ3v) is 4.98. The summed E-state index contributed by atoms with van der Waals surface area (Å²) in [5, 5.41) is 3.15. The van der Waals surface area contributed by atoms with Gasteiger partial charge in [-0.25, -0.2) is 0 Å². The molecule has 0 bridgehead atoms. The van der Waals surface area contributed by atoms with Crippen LogP contribution in [0.1, 0.15) is 66.7 Å². The molecule has 1 atom stereocenters. The maximum Gasteiger partial charge on any atom is 0.223 e. The normalized spacial score (nSPS) is 25.6. The fraction of sp³-hybridized carbons (Fsp3) is 0.941. The topological polar surface area (TPSA) is 29.1 Å². The Kier molecular flexibility index (Phi) is 6.84. The molecule has 0 aromatic rings. The number of hydrogen-bond acceptors (Lipinski definition) is 1. The highest BCUT2D eigenvalue weighted by Crippen LogP contribution is 2.39. The standard InChI is InChI=1S/C17H32ClNO/c1-12(2)10-15(11-18)19-16(20)13-6-8-14(9-7-13)17(3,4)5/h12-15H,6-11H2,1-5H3,(H,19,20). The van der Waals surface area contributed by atoms with Crippen LogP contribution in [0.2, 0.25) is 0 Å². The van der Waals surface area contributed by atoms with Gasteiger partial charge >= 0.3 is 0 Å². The molecule has 0 radical (unpaired) electrons. The van der Waals surface area contributed by atoms with Crippen LogP contribution in [0.3, 0.4) is 0 Å². The quantitative estimate of drug-likeness (QED) is 0.738. The molecule has 1 saturated carbocycles. The van der Waals surface area contributed by atoms with E-state index in [1.165, 1.54) is 12.8 Å². The Morgan fingerprint density at radius 1 is 1.20 bits per heavy atom. The molecule has 1 aliphatic rings. The molecule has 1 rings (SSSR count). The van der Waals surface area contributed by atoms with Gasteiger partial charge in [0.2, 0.25) is 5.91 Å². The van der Waals surface area contributed by atoms with Gasteiger partial charge in [-0.15, -0.1) is 11.6 Å². The number of carbonyl (C=O) groups excluding carboxylic acids is 1. The average Bonchev–Trinajstić information content (AvgIpc) is 2.36. The van der Waals surface area contributed by atoms with Crippen molar-refractivity contribution in [3.8, 4) is 0 Å². The largest absolute Gasteiger partial charge is 0.352 e. The van der Waals surface area contributed by atoms with Crippen LogP contribution in [0.25, 0.3) is 0 Å². The summed E-state index contributed by atoms with van der Waals surface area (Å²) < 4.78 is 0. The summed E-state index contributed by atoms with van der Waals surface area (Å²) in [5.74, 6) is 2.26. The molecule has 1 fully saturated rings. The van der Waals surface area contributed by atoms with Crippen LogP contribution in [0.5, 0.6) is 0 Å². The van der Waals surface area contributed by atoms with E-state index in [0.29, 0.717) is 17.2 Å². The van der Waals surface area contributed by atoms with Gasteiger partial charge in [-0.05, 0) is 49.4 Å². The van der Waals surface area contributed by atoms with Crippen LogP contribution < -0.4 is 5.32 Å². The molecule has 0 aliphatic heterocycles. The minimum atomic E-state index is 0.129. The van der Waals surface area contributed by atoms with E-state index < -0.39 is 0 Å². The first-order valence-corrected chi connectivity index (χ1v) is 8.63. The molecule has 2 nitrogen and oxygen atoms in total. The molecule has 0 spiro atoms. The maximum absolute atomic E-state index is 12.3. The average molecular weight is 302 g/mol. The first kappa shape index (κ1) is 17.8. The highest BCUT2D eigenvalue weighted by Gasteiger charge is 2.32. The van der Waals surface area contributed by atoms with Crippen molar-refractivity contribution in [1.82, 2.24) is 5.32 Å². The summed E-state index contributed by atoms with van der Waals surface area (Å²) in [6.45, 7) is 11.3. The Morgan fingerprint density at radius 2 is 1.75 bits per heavy atom. The van der Waals surface area contributed by atoms with Crippen LogP contribution in [-0.4, -0.2) is 17.8 Å². The van der Waals surface area contributed by atoms with Crippen molar-refractivity contribution in [2.45, 2.75) is 72.8 Å². The summed E-state index contributed by atoms with van der Waals surface area (Å²) in [6.07, 6.45) is 5.39. The first-order chi connectivity index (χ1) is 9.24. The number of rotatable bonds is 5. The summed E-state index contributed by atoms with van der Waals surface area (Å²) in [4.78, 5) is 12.3. The van der Waals surface area contributed by atoms with Gasteiger partial charge in [-0.2, -0.15) is 0 Å². The van der Waals surface area contributed by atoms with Gasteiger partial charge in [0, 0.05) is 17.8 Å². The highest BCUT2D eigenvalue weighted by molar-refractivity contribution is 6.18. The predicted molar refractivity (Wildman–Crippen MR) is 87.0 cm³/mol. The molecule has 0 aromatic heterocycles. The van der Waals surface area contributed by atoms with Crippen LogP contribution in [0.15, 0.2) is 0 Å². The van der Waals surface area contributed by atoms with E-state index in [0.717, 1.165) is 25.2 Å². The number of hydrogen-bond donors (Lipinski definition) is 1. The third kappa shape index (κ3) is 5.63. The fourth-order valence-corrected chi connectivity index (χ4v) is 3.47. The number of amides is 1. The zero-order valence-corrected chi connectivity index (χ0v) is 14.6. The number of alkyl halides is 1. The van der Waals surface area contributed by atoms with E-state index in [1.807, 2.05) is 0 Å². The maximum atomic E-state index is 12.3. The molecule has 0 heterocycles. The van der Waals surface area contributed by atoms with Crippen molar-refractivity contribution in [3.05, 3.63) is 0 Å². The molecule has 20 heavy (non-hydrogen) atoms. The van der Waals surface area contributed by atoms with Gasteiger partial charge < -0.3 is 5.32 Å². The minimum Gasteiger partial charge on any atom is -0.352 e. The second-order valence-corrected chi connectivity index (χ2v) is 8.21. The molecule has 1 unspecified atom stereocenters. The van der Waals surface area contributed by atoms with E-state index in [2.05, 4.69) is 39.9 Å². The Labute approximate surface area is 130 Å². The van der Waals surface area contributed by atoms with E-state index in [9.17, 15) is 4.79 Å². The molecule has 0 saturated heterocycles. The lowest BCUT2D eigenvalue weighted by Gasteiger charge is -2.36. The second-order valence-electron chi connectivity index (χ2n) is 7.90. The van der Waals surface area contributed by atoms with Gasteiger partial charge in [0.15, 0.2) is 0 Å². The lowest BCUT2D eigenvalue weighted by molar-refractivity contribution is -0.127. The lowest BCUT2D eigenvalue weighted by Crippen LogP contribution is -2.42. The highest BCUT2D eigenvalue weighted by atomic mass is 35.5. The minimum absolute atomic E-state index is 0.129. The van der Waals surface area contributed by atoms with E-state index >= 15 is 0 Å². The van der Waals surface area contributed by atoms with Gasteiger partial charge in [0.05, 0.1) is 0 Å². The van der Waals surface area contributed by atoms with Crippen LogP contribution >= 0.6 is 11.6 Å². The lowest BCUT2D eigenvalue weighted by atomic mass is 9.69. The SMILES string of the molecule is CC(C)CC(CCl)NC(=O)C1CCC(C(C)(C)C)CC1. The van der Waals surface area contributed by atoms with Crippen LogP contribution in [-0.2, 0) is 4.79 Å². The van der Waals surface area contributed by atoms with Gasteiger partial charge in [-0.1, -0.05) is 34.6 Å². The molecular weight excluding hydrogens is 270 g/mol. The number of carbonyl (C=O) groups is 1. The zero-order chi connectivity index (χ0) is 15.3. The Bertz CT molecular complexity index is 301.